The lowest BCUT2D eigenvalue weighted by molar-refractivity contribution is 0.543. The molecule has 5 aromatic rings. The lowest BCUT2D eigenvalue weighted by Crippen LogP contribution is -2.43. The van der Waals surface area contributed by atoms with E-state index in [0.29, 0.717) is 0 Å². The Morgan fingerprint density at radius 1 is 0.525 bits per heavy atom. The van der Waals surface area contributed by atoms with Crippen LogP contribution in [0.25, 0.3) is 0 Å². The molecule has 0 aromatic heterocycles. The maximum absolute atomic E-state index is 2.50. The molecule has 0 bridgehead atoms. The lowest BCUT2D eigenvalue weighted by atomic mass is 9.80. The Labute approximate surface area is 238 Å². The molecule has 1 aliphatic rings. The van der Waals surface area contributed by atoms with Gasteiger partial charge in [0.2, 0.25) is 0 Å². The van der Waals surface area contributed by atoms with E-state index in [0.717, 1.165) is 23.5 Å². The van der Waals surface area contributed by atoms with Gasteiger partial charge in [0.1, 0.15) is 0 Å². The normalized spacial score (nSPS) is 16.3. The van der Waals surface area contributed by atoms with Crippen molar-refractivity contribution in [2.24, 2.45) is 0 Å². The number of rotatable bonds is 7. The zero-order chi connectivity index (χ0) is 27.4. The first-order chi connectivity index (χ1) is 19.6. The molecule has 2 heteroatoms. The van der Waals surface area contributed by atoms with Crippen molar-refractivity contribution in [3.63, 3.8) is 0 Å². The van der Waals surface area contributed by atoms with Crippen LogP contribution in [0.15, 0.2) is 163 Å². The van der Waals surface area contributed by atoms with Crippen LogP contribution in [0.2, 0.25) is 0 Å². The van der Waals surface area contributed by atoms with E-state index in [1.54, 1.807) is 0 Å². The summed E-state index contributed by atoms with van der Waals surface area (Å²) in [6.07, 6.45) is 7.91. The summed E-state index contributed by atoms with van der Waals surface area (Å²) >= 11 is 0. The van der Waals surface area contributed by atoms with E-state index in [1.165, 1.54) is 28.1 Å². The van der Waals surface area contributed by atoms with E-state index >= 15 is 0 Å². The first kappa shape index (κ1) is 25.5. The molecule has 0 aliphatic heterocycles. The Balaban J connectivity index is 1.51. The third-order valence-corrected chi connectivity index (χ3v) is 7.63. The van der Waals surface area contributed by atoms with Crippen LogP contribution < -0.4 is 9.80 Å². The van der Waals surface area contributed by atoms with Gasteiger partial charge in [-0.05, 0) is 91.6 Å². The molecule has 0 N–H and O–H groups in total. The molecule has 6 rings (SSSR count). The fraction of sp³-hybridized carbons (Fsp3) is 0.105. The molecule has 0 spiro atoms. The molecule has 0 saturated carbocycles. The van der Waals surface area contributed by atoms with E-state index in [2.05, 4.69) is 181 Å². The highest BCUT2D eigenvalue weighted by Gasteiger charge is 2.39. The van der Waals surface area contributed by atoms with Crippen molar-refractivity contribution >= 4 is 22.7 Å². The molecule has 2 nitrogen and oxygen atoms in total. The molecule has 1 atom stereocenters. The molecule has 0 saturated heterocycles. The van der Waals surface area contributed by atoms with E-state index in [-0.39, 0.29) is 0 Å². The van der Waals surface area contributed by atoms with Gasteiger partial charge in [0.25, 0.3) is 0 Å². The van der Waals surface area contributed by atoms with Gasteiger partial charge in [0, 0.05) is 28.4 Å². The molecular formula is C38H34N2. The maximum atomic E-state index is 2.50. The number of aryl methyl sites for hydroxylation is 2. The van der Waals surface area contributed by atoms with Crippen molar-refractivity contribution < 1.29 is 0 Å². The molecule has 1 unspecified atom stereocenters. The number of nitrogens with zero attached hydrogens (tertiary/aromatic N) is 2. The summed E-state index contributed by atoms with van der Waals surface area (Å²) in [4.78, 5) is 4.86. The van der Waals surface area contributed by atoms with E-state index in [4.69, 9.17) is 0 Å². The summed E-state index contributed by atoms with van der Waals surface area (Å²) < 4.78 is 0. The molecule has 40 heavy (non-hydrogen) atoms. The minimum atomic E-state index is -0.408. The van der Waals surface area contributed by atoms with E-state index in [1.807, 2.05) is 0 Å². The van der Waals surface area contributed by atoms with Crippen LogP contribution in [0.4, 0.5) is 22.7 Å². The highest BCUT2D eigenvalue weighted by Crippen LogP contribution is 2.46. The molecule has 0 amide bonds. The second kappa shape index (κ2) is 11.1. The van der Waals surface area contributed by atoms with Crippen LogP contribution >= 0.6 is 0 Å². The van der Waals surface area contributed by atoms with Gasteiger partial charge in [-0.2, -0.15) is 0 Å². The van der Waals surface area contributed by atoms with Crippen molar-refractivity contribution in [2.45, 2.75) is 25.8 Å². The molecule has 0 heterocycles. The Hall–Kier alpha value is -4.82. The maximum Gasteiger partial charge on any atom is 0.0924 e. The van der Waals surface area contributed by atoms with Gasteiger partial charge in [-0.15, -0.1) is 0 Å². The van der Waals surface area contributed by atoms with Gasteiger partial charge in [0.05, 0.1) is 5.54 Å². The van der Waals surface area contributed by atoms with Crippen LogP contribution in [-0.4, -0.2) is 0 Å². The molecule has 0 radical (unpaired) electrons. The van der Waals surface area contributed by atoms with Crippen molar-refractivity contribution in [1.29, 1.82) is 0 Å². The molecule has 196 valence electrons. The van der Waals surface area contributed by atoms with Crippen LogP contribution in [0, 0.1) is 13.8 Å². The number of benzene rings is 5. The van der Waals surface area contributed by atoms with Crippen LogP contribution in [0.5, 0.6) is 0 Å². The number of anilines is 4. The van der Waals surface area contributed by atoms with E-state index < -0.39 is 5.54 Å². The number of para-hydroxylation sites is 2. The minimum absolute atomic E-state index is 0.408. The third kappa shape index (κ3) is 4.97. The zero-order valence-electron chi connectivity index (χ0n) is 23.1. The minimum Gasteiger partial charge on any atom is -0.327 e. The third-order valence-electron chi connectivity index (χ3n) is 7.63. The Morgan fingerprint density at radius 3 is 1.62 bits per heavy atom. The molecule has 5 aromatic carbocycles. The Bertz CT molecular complexity index is 1640. The summed E-state index contributed by atoms with van der Waals surface area (Å²) in [5.41, 5.74) is 9.15. The number of hydrogen-bond acceptors (Lipinski definition) is 2. The smallest absolute Gasteiger partial charge is 0.0924 e. The predicted molar refractivity (Wildman–Crippen MR) is 169 cm³/mol. The van der Waals surface area contributed by atoms with Gasteiger partial charge in [-0.25, -0.2) is 0 Å². The number of allylic oxidation sites excluding steroid dienone is 1. The summed E-state index contributed by atoms with van der Waals surface area (Å²) in [6.45, 7) is 4.31. The zero-order valence-corrected chi connectivity index (χ0v) is 23.1. The summed E-state index contributed by atoms with van der Waals surface area (Å²) in [5.74, 6) is 0. The monoisotopic (exact) mass is 518 g/mol. The van der Waals surface area contributed by atoms with Crippen molar-refractivity contribution in [1.82, 2.24) is 0 Å². The second-order valence-electron chi connectivity index (χ2n) is 10.5. The highest BCUT2D eigenvalue weighted by atomic mass is 15.2. The average molecular weight is 519 g/mol. The van der Waals surface area contributed by atoms with Gasteiger partial charge in [0.15, 0.2) is 0 Å². The van der Waals surface area contributed by atoms with Gasteiger partial charge < -0.3 is 9.80 Å². The SMILES string of the molecule is Cc1cccc(N(C2=CCC(c3ccccc3)(N(c3ccccc3)c3cccc(C)c3)C=C2)c2ccccc2)c1. The molecular weight excluding hydrogens is 484 g/mol. The fourth-order valence-electron chi connectivity index (χ4n) is 5.77. The Morgan fingerprint density at radius 2 is 1.05 bits per heavy atom. The quantitative estimate of drug-likeness (QED) is 0.211. The predicted octanol–water partition coefficient (Wildman–Crippen LogP) is 10.0. The highest BCUT2D eigenvalue weighted by molar-refractivity contribution is 5.73. The molecule has 0 fully saturated rings. The van der Waals surface area contributed by atoms with Crippen LogP contribution in [-0.2, 0) is 5.54 Å². The van der Waals surface area contributed by atoms with Gasteiger partial charge in [-0.1, -0.05) is 103 Å². The topological polar surface area (TPSA) is 6.48 Å². The van der Waals surface area contributed by atoms with Gasteiger partial charge in [-0.3, -0.25) is 0 Å². The van der Waals surface area contributed by atoms with Crippen molar-refractivity contribution in [3.8, 4) is 0 Å². The first-order valence-electron chi connectivity index (χ1n) is 13.9. The fourth-order valence-corrected chi connectivity index (χ4v) is 5.77. The van der Waals surface area contributed by atoms with E-state index in [9.17, 15) is 0 Å². The molecule has 1 aliphatic carbocycles. The summed E-state index contributed by atoms with van der Waals surface area (Å²) in [6, 6.07) is 49.9. The van der Waals surface area contributed by atoms with Crippen LogP contribution in [0.1, 0.15) is 23.1 Å². The standard InChI is InChI=1S/C38H34N2/c1-30-14-12-22-36(28-30)39(33-18-8-4-9-19-33)34-24-26-38(27-25-34,32-16-6-3-7-17-32)40(35-20-10-5-11-21-35)37-23-13-15-31(2)29-37/h3-26,28-29H,27H2,1-2H3. The summed E-state index contributed by atoms with van der Waals surface area (Å²) in [7, 11) is 0. The van der Waals surface area contributed by atoms with Crippen molar-refractivity contribution in [2.75, 3.05) is 9.80 Å². The van der Waals surface area contributed by atoms with Crippen LogP contribution in [0.3, 0.4) is 0 Å². The Kier molecular flexibility index (Phi) is 7.08. The van der Waals surface area contributed by atoms with Crippen molar-refractivity contribution in [3.05, 3.63) is 180 Å². The summed E-state index contributed by atoms with van der Waals surface area (Å²) in [5, 5.41) is 0. The second-order valence-corrected chi connectivity index (χ2v) is 10.5. The first-order valence-corrected chi connectivity index (χ1v) is 13.9. The average Bonchev–Trinajstić information content (AvgIpc) is 3.00. The largest absolute Gasteiger partial charge is 0.327 e. The number of hydrogen-bond donors (Lipinski definition) is 0. The lowest BCUT2D eigenvalue weighted by Gasteiger charge is -2.46. The van der Waals surface area contributed by atoms with Gasteiger partial charge >= 0.3 is 0 Å².